The summed E-state index contributed by atoms with van der Waals surface area (Å²) in [7, 11) is -4.48. The fourth-order valence-corrected chi connectivity index (χ4v) is 1.82. The zero-order chi connectivity index (χ0) is 9.99. The SMILES string of the molecule is CC/C(=C/S(=O)(=O)F)C(C)(C)C. The molecule has 4 heteroatoms. The summed E-state index contributed by atoms with van der Waals surface area (Å²) in [6.07, 6.45) is 0.548. The third-order valence-electron chi connectivity index (χ3n) is 1.63. The van der Waals surface area contributed by atoms with Crippen molar-refractivity contribution in [3.8, 4) is 0 Å². The molecule has 0 aromatic rings. The van der Waals surface area contributed by atoms with E-state index in [1.165, 1.54) is 0 Å². The average molecular weight is 194 g/mol. The van der Waals surface area contributed by atoms with Crippen LogP contribution in [0.4, 0.5) is 3.89 Å². The highest BCUT2D eigenvalue weighted by Gasteiger charge is 2.18. The Morgan fingerprint density at radius 2 is 1.83 bits per heavy atom. The highest BCUT2D eigenvalue weighted by Crippen LogP contribution is 2.28. The van der Waals surface area contributed by atoms with E-state index in [2.05, 4.69) is 0 Å². The van der Waals surface area contributed by atoms with Crippen molar-refractivity contribution >= 4 is 10.2 Å². The van der Waals surface area contributed by atoms with E-state index in [1.54, 1.807) is 0 Å². The molecule has 0 radical (unpaired) electrons. The molecule has 0 aliphatic heterocycles. The monoisotopic (exact) mass is 194 g/mol. The lowest BCUT2D eigenvalue weighted by Crippen LogP contribution is -2.09. The van der Waals surface area contributed by atoms with E-state index in [0.717, 1.165) is 0 Å². The molecule has 0 atom stereocenters. The molecular weight excluding hydrogens is 179 g/mol. The molecule has 0 aromatic heterocycles. The topological polar surface area (TPSA) is 34.1 Å². The minimum absolute atomic E-state index is 0.284. The lowest BCUT2D eigenvalue weighted by molar-refractivity contribution is 0.486. The largest absolute Gasteiger partial charge is 0.325 e. The summed E-state index contributed by atoms with van der Waals surface area (Å²) in [6, 6.07) is 0. The van der Waals surface area contributed by atoms with Crippen LogP contribution in [-0.2, 0) is 10.2 Å². The van der Waals surface area contributed by atoms with Gasteiger partial charge in [-0.1, -0.05) is 33.3 Å². The quantitative estimate of drug-likeness (QED) is 0.633. The summed E-state index contributed by atoms with van der Waals surface area (Å²) >= 11 is 0. The van der Waals surface area contributed by atoms with Crippen molar-refractivity contribution in [1.82, 2.24) is 0 Å². The van der Waals surface area contributed by atoms with Crippen LogP contribution in [0.5, 0.6) is 0 Å². The Morgan fingerprint density at radius 1 is 1.42 bits per heavy atom. The number of rotatable bonds is 2. The second kappa shape index (κ2) is 3.56. The first kappa shape index (κ1) is 11.6. The minimum Gasteiger partial charge on any atom is -0.190 e. The van der Waals surface area contributed by atoms with Crippen LogP contribution in [0.15, 0.2) is 11.0 Å². The van der Waals surface area contributed by atoms with Gasteiger partial charge in [0.25, 0.3) is 0 Å². The minimum atomic E-state index is -4.48. The first-order chi connectivity index (χ1) is 5.17. The molecule has 0 amide bonds. The van der Waals surface area contributed by atoms with Gasteiger partial charge in [0.2, 0.25) is 0 Å². The van der Waals surface area contributed by atoms with Crippen LogP contribution in [0.1, 0.15) is 34.1 Å². The Balaban J connectivity index is 4.95. The van der Waals surface area contributed by atoms with Gasteiger partial charge in [0.15, 0.2) is 0 Å². The highest BCUT2D eigenvalue weighted by atomic mass is 32.3. The molecule has 0 aromatic carbocycles. The van der Waals surface area contributed by atoms with Gasteiger partial charge in [-0.3, -0.25) is 0 Å². The first-order valence-electron chi connectivity index (χ1n) is 3.82. The van der Waals surface area contributed by atoms with Gasteiger partial charge in [0, 0.05) is 0 Å². The summed E-state index contributed by atoms with van der Waals surface area (Å²) in [5.41, 5.74) is 0.318. The Kier molecular flexibility index (Phi) is 3.45. The van der Waals surface area contributed by atoms with Crippen molar-refractivity contribution in [3.63, 3.8) is 0 Å². The molecule has 0 saturated heterocycles. The smallest absolute Gasteiger partial charge is 0.190 e. The molecule has 72 valence electrons. The fourth-order valence-electron chi connectivity index (χ4n) is 0.960. The highest BCUT2D eigenvalue weighted by molar-refractivity contribution is 7.89. The Morgan fingerprint density at radius 3 is 1.92 bits per heavy atom. The van der Waals surface area contributed by atoms with Crippen LogP contribution < -0.4 is 0 Å². The molecule has 2 nitrogen and oxygen atoms in total. The molecule has 0 rings (SSSR count). The Labute approximate surface area is 73.7 Å². The second-order valence-electron chi connectivity index (χ2n) is 3.72. The first-order valence-corrected chi connectivity index (χ1v) is 5.27. The van der Waals surface area contributed by atoms with E-state index in [1.807, 2.05) is 27.7 Å². The maximum atomic E-state index is 12.3. The molecular formula is C8H15FO2S. The molecule has 0 unspecified atom stereocenters. The third kappa shape index (κ3) is 4.49. The molecule has 0 aliphatic carbocycles. The zero-order valence-corrected chi connectivity index (χ0v) is 8.70. The van der Waals surface area contributed by atoms with Crippen molar-refractivity contribution in [2.75, 3.05) is 0 Å². The maximum absolute atomic E-state index is 12.3. The molecule has 0 fully saturated rings. The number of hydrogen-bond acceptors (Lipinski definition) is 2. The van der Waals surface area contributed by atoms with Crippen molar-refractivity contribution in [2.45, 2.75) is 34.1 Å². The number of allylic oxidation sites excluding steroid dienone is 1. The van der Waals surface area contributed by atoms with Crippen LogP contribution in [0, 0.1) is 5.41 Å². The number of hydrogen-bond donors (Lipinski definition) is 0. The predicted molar refractivity (Wildman–Crippen MR) is 47.9 cm³/mol. The molecule has 0 spiro atoms. The van der Waals surface area contributed by atoms with Gasteiger partial charge in [-0.2, -0.15) is 8.42 Å². The summed E-state index contributed by atoms with van der Waals surface area (Å²) in [6.45, 7) is 7.37. The maximum Gasteiger partial charge on any atom is 0.325 e. The molecule has 0 saturated carbocycles. The van der Waals surface area contributed by atoms with Crippen molar-refractivity contribution in [1.29, 1.82) is 0 Å². The van der Waals surface area contributed by atoms with E-state index in [4.69, 9.17) is 0 Å². The zero-order valence-electron chi connectivity index (χ0n) is 7.89. The van der Waals surface area contributed by atoms with Gasteiger partial charge in [-0.05, 0) is 11.8 Å². The van der Waals surface area contributed by atoms with Crippen LogP contribution in [0.2, 0.25) is 0 Å². The van der Waals surface area contributed by atoms with E-state index in [9.17, 15) is 12.3 Å². The van der Waals surface area contributed by atoms with Gasteiger partial charge in [0.05, 0.1) is 5.41 Å². The van der Waals surface area contributed by atoms with Gasteiger partial charge in [-0.25, -0.2) is 0 Å². The average Bonchev–Trinajstić information content (AvgIpc) is 1.78. The second-order valence-corrected chi connectivity index (χ2v) is 4.91. The summed E-state index contributed by atoms with van der Waals surface area (Å²) in [5.74, 6) is 0. The molecule has 12 heavy (non-hydrogen) atoms. The summed E-state index contributed by atoms with van der Waals surface area (Å²) in [5, 5.41) is 0.715. The predicted octanol–water partition coefficient (Wildman–Crippen LogP) is 2.63. The fraction of sp³-hybridized carbons (Fsp3) is 0.750. The van der Waals surface area contributed by atoms with Crippen molar-refractivity contribution < 1.29 is 12.3 Å². The third-order valence-corrected chi connectivity index (χ3v) is 2.19. The Bertz CT molecular complexity index is 270. The standard InChI is InChI=1S/C8H15FO2S/c1-5-7(8(2,3)4)6-12(9,10)11/h6H,5H2,1-4H3/b7-6-. The van der Waals surface area contributed by atoms with E-state index in [-0.39, 0.29) is 5.41 Å². The van der Waals surface area contributed by atoms with Crippen molar-refractivity contribution in [2.24, 2.45) is 5.41 Å². The summed E-state index contributed by atoms with van der Waals surface area (Å²) < 4.78 is 32.9. The molecule has 0 aliphatic rings. The molecule has 0 heterocycles. The number of halogens is 1. The van der Waals surface area contributed by atoms with Gasteiger partial charge in [0.1, 0.15) is 0 Å². The van der Waals surface area contributed by atoms with Crippen LogP contribution in [-0.4, -0.2) is 8.42 Å². The molecule has 0 N–H and O–H groups in total. The lowest BCUT2D eigenvalue weighted by Gasteiger charge is -2.20. The van der Waals surface area contributed by atoms with Gasteiger partial charge < -0.3 is 0 Å². The van der Waals surface area contributed by atoms with Gasteiger partial charge >= 0.3 is 10.2 Å². The lowest BCUT2D eigenvalue weighted by atomic mass is 9.86. The van der Waals surface area contributed by atoms with Gasteiger partial charge in [-0.15, -0.1) is 3.89 Å². The Hall–Kier alpha value is -0.380. The van der Waals surface area contributed by atoms with E-state index >= 15 is 0 Å². The molecule has 0 bridgehead atoms. The summed E-state index contributed by atoms with van der Waals surface area (Å²) in [4.78, 5) is 0. The van der Waals surface area contributed by atoms with E-state index < -0.39 is 10.2 Å². The van der Waals surface area contributed by atoms with E-state index in [0.29, 0.717) is 17.4 Å². The van der Waals surface area contributed by atoms with Crippen molar-refractivity contribution in [3.05, 3.63) is 11.0 Å². The van der Waals surface area contributed by atoms with Crippen LogP contribution >= 0.6 is 0 Å². The van der Waals surface area contributed by atoms with Crippen LogP contribution in [0.25, 0.3) is 0 Å². The van der Waals surface area contributed by atoms with Crippen LogP contribution in [0.3, 0.4) is 0 Å². The normalized spacial score (nSPS) is 14.9.